The first-order valence-corrected chi connectivity index (χ1v) is 7.77. The summed E-state index contributed by atoms with van der Waals surface area (Å²) in [4.78, 5) is 0. The van der Waals surface area contributed by atoms with Crippen LogP contribution in [0.15, 0.2) is 66.7 Å². The summed E-state index contributed by atoms with van der Waals surface area (Å²) < 4.78 is 24.1. The Bertz CT molecular complexity index is 1000. The summed E-state index contributed by atoms with van der Waals surface area (Å²) in [5, 5.41) is 18.3. The maximum absolute atomic E-state index is 12.7. The molecule has 0 atom stereocenters. The van der Waals surface area contributed by atoms with Gasteiger partial charge in [-0.2, -0.15) is 10.5 Å². The molecule has 3 aromatic rings. The lowest BCUT2D eigenvalue weighted by Crippen LogP contribution is -1.92. The van der Waals surface area contributed by atoms with Crippen LogP contribution in [0, 0.1) is 22.7 Å². The van der Waals surface area contributed by atoms with Gasteiger partial charge in [-0.05, 0) is 54.1 Å². The number of ether oxygens (including phenoxy) is 2. The minimum absolute atomic E-state index is 0.193. The van der Waals surface area contributed by atoms with E-state index in [1.165, 1.54) is 0 Å². The highest BCUT2D eigenvalue weighted by molar-refractivity contribution is 5.55. The Morgan fingerprint density at radius 2 is 1.46 bits per heavy atom. The molecule has 0 unspecified atom stereocenters. The van der Waals surface area contributed by atoms with E-state index < -0.39 is 6.67 Å². The van der Waals surface area contributed by atoms with E-state index in [1.54, 1.807) is 66.7 Å². The van der Waals surface area contributed by atoms with Crippen molar-refractivity contribution < 1.29 is 13.9 Å². The van der Waals surface area contributed by atoms with Gasteiger partial charge in [0.05, 0.1) is 5.56 Å². The van der Waals surface area contributed by atoms with E-state index in [9.17, 15) is 9.65 Å². The Morgan fingerprint density at radius 3 is 2.12 bits per heavy atom. The summed E-state index contributed by atoms with van der Waals surface area (Å²) in [6, 6.07) is 22.4. The largest absolute Gasteiger partial charge is 0.457 e. The molecule has 0 saturated heterocycles. The SMILES string of the molecule is N#Cc1cccc(Oc2ccc(Oc3cccc(CF)c3)cc2)c1C#N. The molecule has 0 fully saturated rings. The molecule has 0 aliphatic heterocycles. The van der Waals surface area contributed by atoms with Crippen molar-refractivity contribution in [2.75, 3.05) is 0 Å². The average Bonchev–Trinajstić information content (AvgIpc) is 2.69. The van der Waals surface area contributed by atoms with Crippen LogP contribution in [0.5, 0.6) is 23.0 Å². The van der Waals surface area contributed by atoms with E-state index in [4.69, 9.17) is 14.7 Å². The highest BCUT2D eigenvalue weighted by Crippen LogP contribution is 2.29. The number of rotatable bonds is 5. The Kier molecular flexibility index (Phi) is 5.12. The zero-order valence-electron chi connectivity index (χ0n) is 13.6. The average molecular weight is 344 g/mol. The summed E-state index contributed by atoms with van der Waals surface area (Å²) in [6.07, 6.45) is 0. The molecule has 5 heteroatoms. The maximum Gasteiger partial charge on any atom is 0.146 e. The fraction of sp³-hybridized carbons (Fsp3) is 0.0476. The van der Waals surface area contributed by atoms with E-state index in [0.717, 1.165) is 0 Å². The first-order chi connectivity index (χ1) is 12.7. The van der Waals surface area contributed by atoms with Crippen LogP contribution in [0.2, 0.25) is 0 Å². The van der Waals surface area contributed by atoms with Crippen molar-refractivity contribution in [3.8, 4) is 35.1 Å². The zero-order chi connectivity index (χ0) is 18.4. The van der Waals surface area contributed by atoms with Crippen molar-refractivity contribution >= 4 is 0 Å². The normalized spacial score (nSPS) is 9.81. The first kappa shape index (κ1) is 17.0. The summed E-state index contributed by atoms with van der Waals surface area (Å²) in [5.74, 6) is 1.93. The molecule has 126 valence electrons. The standard InChI is InChI=1S/C21H13FN2O2/c22-12-15-3-1-5-19(11-15)25-17-7-9-18(10-8-17)26-21-6-2-4-16(13-23)20(21)14-24/h1-11H,12H2. The molecular formula is C21H13FN2O2. The summed E-state index contributed by atoms with van der Waals surface area (Å²) in [5.41, 5.74) is 1.000. The van der Waals surface area contributed by atoms with Crippen molar-refractivity contribution in [1.29, 1.82) is 10.5 Å². The third-order valence-electron chi connectivity index (χ3n) is 3.60. The third kappa shape index (κ3) is 3.80. The zero-order valence-corrected chi connectivity index (χ0v) is 13.6. The molecule has 0 saturated carbocycles. The topological polar surface area (TPSA) is 66.0 Å². The first-order valence-electron chi connectivity index (χ1n) is 7.77. The molecule has 4 nitrogen and oxygen atoms in total. The van der Waals surface area contributed by atoms with Crippen molar-refractivity contribution in [2.24, 2.45) is 0 Å². The number of halogens is 1. The monoisotopic (exact) mass is 344 g/mol. The second-order valence-corrected chi connectivity index (χ2v) is 5.36. The quantitative estimate of drug-likeness (QED) is 0.614. The van der Waals surface area contributed by atoms with Gasteiger partial charge >= 0.3 is 0 Å². The molecule has 26 heavy (non-hydrogen) atoms. The van der Waals surface area contributed by atoms with Crippen LogP contribution in [0.3, 0.4) is 0 Å². The predicted octanol–water partition coefficient (Wildman–Crippen LogP) is 5.48. The van der Waals surface area contributed by atoms with Crippen molar-refractivity contribution in [3.05, 3.63) is 83.4 Å². The minimum atomic E-state index is -0.549. The van der Waals surface area contributed by atoms with E-state index >= 15 is 0 Å². The van der Waals surface area contributed by atoms with Crippen LogP contribution >= 0.6 is 0 Å². The Hall–Kier alpha value is -3.83. The summed E-state index contributed by atoms with van der Waals surface area (Å²) >= 11 is 0. The van der Waals surface area contributed by atoms with Gasteiger partial charge in [-0.1, -0.05) is 18.2 Å². The van der Waals surface area contributed by atoms with E-state index in [2.05, 4.69) is 0 Å². The van der Waals surface area contributed by atoms with Gasteiger partial charge in [0.25, 0.3) is 0 Å². The van der Waals surface area contributed by atoms with Gasteiger partial charge in [-0.15, -0.1) is 0 Å². The lowest BCUT2D eigenvalue weighted by atomic mass is 10.1. The van der Waals surface area contributed by atoms with Crippen LogP contribution in [0.4, 0.5) is 4.39 Å². The van der Waals surface area contributed by atoms with Crippen molar-refractivity contribution in [1.82, 2.24) is 0 Å². The molecule has 0 amide bonds. The van der Waals surface area contributed by atoms with Crippen molar-refractivity contribution in [2.45, 2.75) is 6.67 Å². The van der Waals surface area contributed by atoms with Gasteiger partial charge in [0.2, 0.25) is 0 Å². The number of nitrogens with zero attached hydrogens (tertiary/aromatic N) is 2. The van der Waals surface area contributed by atoms with Crippen LogP contribution < -0.4 is 9.47 Å². The lowest BCUT2D eigenvalue weighted by molar-refractivity contribution is 0.462. The molecule has 0 radical (unpaired) electrons. The number of hydrogen-bond donors (Lipinski definition) is 0. The number of benzene rings is 3. The maximum atomic E-state index is 12.7. The second-order valence-electron chi connectivity index (χ2n) is 5.36. The van der Waals surface area contributed by atoms with Gasteiger partial charge in [0.1, 0.15) is 47.4 Å². The Balaban J connectivity index is 1.76. The fourth-order valence-corrected chi connectivity index (χ4v) is 2.36. The molecule has 0 aliphatic carbocycles. The molecule has 0 aromatic heterocycles. The molecule has 0 aliphatic rings. The second kappa shape index (κ2) is 7.83. The summed E-state index contributed by atoms with van der Waals surface area (Å²) in [6.45, 7) is -0.549. The molecule has 0 heterocycles. The number of nitriles is 2. The fourth-order valence-electron chi connectivity index (χ4n) is 2.36. The minimum Gasteiger partial charge on any atom is -0.457 e. The molecule has 0 spiro atoms. The molecule has 3 aromatic carbocycles. The Labute approximate surface area is 150 Å². The highest BCUT2D eigenvalue weighted by atomic mass is 19.1. The van der Waals surface area contributed by atoms with Crippen LogP contribution in [0.25, 0.3) is 0 Å². The smallest absolute Gasteiger partial charge is 0.146 e. The summed E-state index contributed by atoms with van der Waals surface area (Å²) in [7, 11) is 0. The highest BCUT2D eigenvalue weighted by Gasteiger charge is 2.10. The van der Waals surface area contributed by atoms with E-state index in [0.29, 0.717) is 28.6 Å². The van der Waals surface area contributed by atoms with E-state index in [-0.39, 0.29) is 11.1 Å². The van der Waals surface area contributed by atoms with Gasteiger partial charge < -0.3 is 9.47 Å². The number of hydrogen-bond acceptors (Lipinski definition) is 4. The third-order valence-corrected chi connectivity index (χ3v) is 3.60. The molecule has 0 bridgehead atoms. The van der Waals surface area contributed by atoms with Crippen LogP contribution in [-0.2, 0) is 6.67 Å². The van der Waals surface area contributed by atoms with Crippen LogP contribution in [0.1, 0.15) is 16.7 Å². The van der Waals surface area contributed by atoms with Gasteiger partial charge in [0, 0.05) is 0 Å². The molecule has 0 N–H and O–H groups in total. The Morgan fingerprint density at radius 1 is 0.769 bits per heavy atom. The van der Waals surface area contributed by atoms with E-state index in [1.807, 2.05) is 12.1 Å². The van der Waals surface area contributed by atoms with Gasteiger partial charge in [-0.3, -0.25) is 0 Å². The number of alkyl halides is 1. The van der Waals surface area contributed by atoms with Crippen molar-refractivity contribution in [3.63, 3.8) is 0 Å². The van der Waals surface area contributed by atoms with Gasteiger partial charge in [-0.25, -0.2) is 4.39 Å². The molecular weight excluding hydrogens is 331 g/mol. The van der Waals surface area contributed by atoms with Crippen LogP contribution in [-0.4, -0.2) is 0 Å². The lowest BCUT2D eigenvalue weighted by Gasteiger charge is -2.10. The van der Waals surface area contributed by atoms with Gasteiger partial charge in [0.15, 0.2) is 0 Å². The predicted molar refractivity (Wildman–Crippen MR) is 93.7 cm³/mol. The molecule has 3 rings (SSSR count).